The molecule has 0 aliphatic carbocycles. The van der Waals surface area contributed by atoms with Crippen molar-refractivity contribution >= 4 is 49.6 Å². The SMILES string of the molecule is c1ccc(-c2ccc(N(c3ccc(-c4cccc(-c5ccc6c(c5)nc(-c5ccccc5)n6-c5ccccc5)c4)cc3)c3cc4ccccc4c4ccccc34)cc2)cc1. The number of nitrogens with zero attached hydrogens (tertiary/aromatic N) is 3. The molecular weight excluding hydrogens is 727 g/mol. The van der Waals surface area contributed by atoms with Crippen LogP contribution >= 0.6 is 0 Å². The third kappa shape index (κ3) is 6.39. The molecule has 0 spiro atoms. The quantitative estimate of drug-likeness (QED) is 0.144. The van der Waals surface area contributed by atoms with Crippen LogP contribution in [-0.4, -0.2) is 9.55 Å². The minimum Gasteiger partial charge on any atom is -0.310 e. The molecule has 0 saturated carbocycles. The van der Waals surface area contributed by atoms with Crippen LogP contribution in [-0.2, 0) is 0 Å². The minimum absolute atomic E-state index is 0.931. The summed E-state index contributed by atoms with van der Waals surface area (Å²) in [6.07, 6.45) is 0. The molecule has 0 saturated heterocycles. The molecule has 0 fully saturated rings. The Balaban J connectivity index is 0.979. The maximum absolute atomic E-state index is 5.22. The number of para-hydroxylation sites is 1. The predicted molar refractivity (Wildman–Crippen MR) is 253 cm³/mol. The van der Waals surface area contributed by atoms with E-state index in [4.69, 9.17) is 4.98 Å². The second-order valence-electron chi connectivity index (χ2n) is 15.2. The van der Waals surface area contributed by atoms with Gasteiger partial charge in [-0.25, -0.2) is 4.98 Å². The zero-order valence-electron chi connectivity index (χ0n) is 32.9. The molecule has 0 amide bonds. The van der Waals surface area contributed by atoms with Crippen LogP contribution in [0.1, 0.15) is 0 Å². The van der Waals surface area contributed by atoms with Crippen molar-refractivity contribution in [2.75, 3.05) is 4.90 Å². The lowest BCUT2D eigenvalue weighted by molar-refractivity contribution is 1.10. The van der Waals surface area contributed by atoms with Crippen molar-refractivity contribution in [3.63, 3.8) is 0 Å². The van der Waals surface area contributed by atoms with E-state index in [1.54, 1.807) is 0 Å². The van der Waals surface area contributed by atoms with Gasteiger partial charge in [-0.3, -0.25) is 4.57 Å². The molecule has 11 rings (SSSR count). The number of imidazole rings is 1. The first kappa shape index (κ1) is 35.2. The fourth-order valence-electron chi connectivity index (χ4n) is 8.64. The molecule has 0 radical (unpaired) electrons. The van der Waals surface area contributed by atoms with Crippen LogP contribution < -0.4 is 4.90 Å². The Morgan fingerprint density at radius 3 is 1.50 bits per heavy atom. The Morgan fingerprint density at radius 1 is 0.333 bits per heavy atom. The van der Waals surface area contributed by atoms with E-state index >= 15 is 0 Å². The van der Waals surface area contributed by atoms with Crippen LogP contribution in [0.5, 0.6) is 0 Å². The molecule has 1 heterocycles. The summed E-state index contributed by atoms with van der Waals surface area (Å²) in [5.74, 6) is 0.931. The van der Waals surface area contributed by atoms with E-state index in [0.29, 0.717) is 0 Å². The minimum atomic E-state index is 0.931. The highest BCUT2D eigenvalue weighted by molar-refractivity contribution is 6.14. The lowest BCUT2D eigenvalue weighted by Crippen LogP contribution is -2.10. The van der Waals surface area contributed by atoms with E-state index in [2.05, 4.69) is 240 Å². The van der Waals surface area contributed by atoms with Crippen molar-refractivity contribution in [2.24, 2.45) is 0 Å². The topological polar surface area (TPSA) is 21.1 Å². The summed E-state index contributed by atoms with van der Waals surface area (Å²) in [6.45, 7) is 0. The monoisotopic (exact) mass is 765 g/mol. The van der Waals surface area contributed by atoms with Crippen molar-refractivity contribution < 1.29 is 0 Å². The molecular formula is C57H39N3. The summed E-state index contributed by atoms with van der Waals surface area (Å²) < 4.78 is 2.26. The average Bonchev–Trinajstić information content (AvgIpc) is 3.72. The predicted octanol–water partition coefficient (Wildman–Crippen LogP) is 15.5. The van der Waals surface area contributed by atoms with Gasteiger partial charge in [-0.15, -0.1) is 0 Å². The molecule has 1 aromatic heterocycles. The van der Waals surface area contributed by atoms with Gasteiger partial charge in [0.2, 0.25) is 0 Å². The molecule has 60 heavy (non-hydrogen) atoms. The van der Waals surface area contributed by atoms with Crippen LogP contribution in [0.3, 0.4) is 0 Å². The summed E-state index contributed by atoms with van der Waals surface area (Å²) >= 11 is 0. The molecule has 11 aromatic rings. The highest BCUT2D eigenvalue weighted by Crippen LogP contribution is 2.43. The number of anilines is 3. The summed E-state index contributed by atoms with van der Waals surface area (Å²) in [5.41, 5.74) is 14.6. The fraction of sp³-hybridized carbons (Fsp3) is 0. The molecule has 0 unspecified atom stereocenters. The van der Waals surface area contributed by atoms with Crippen LogP contribution in [0.2, 0.25) is 0 Å². The van der Waals surface area contributed by atoms with Crippen molar-refractivity contribution in [3.8, 4) is 50.5 Å². The Labute approximate surface area is 349 Å². The molecule has 0 aliphatic rings. The lowest BCUT2D eigenvalue weighted by Gasteiger charge is -2.28. The van der Waals surface area contributed by atoms with Crippen molar-refractivity contribution in [1.29, 1.82) is 0 Å². The number of fused-ring (bicyclic) bond motifs is 4. The van der Waals surface area contributed by atoms with E-state index < -0.39 is 0 Å². The Morgan fingerprint density at radius 2 is 0.817 bits per heavy atom. The number of hydrogen-bond acceptors (Lipinski definition) is 2. The molecule has 0 aliphatic heterocycles. The van der Waals surface area contributed by atoms with E-state index in [9.17, 15) is 0 Å². The van der Waals surface area contributed by atoms with Crippen molar-refractivity contribution in [1.82, 2.24) is 9.55 Å². The summed E-state index contributed by atoms with van der Waals surface area (Å²) in [6, 6.07) is 84.7. The molecule has 0 atom stereocenters. The first-order valence-corrected chi connectivity index (χ1v) is 20.5. The first-order chi connectivity index (χ1) is 29.7. The first-order valence-electron chi connectivity index (χ1n) is 20.5. The van der Waals surface area contributed by atoms with Gasteiger partial charge in [0.25, 0.3) is 0 Å². The van der Waals surface area contributed by atoms with Gasteiger partial charge < -0.3 is 4.90 Å². The van der Waals surface area contributed by atoms with E-state index in [1.165, 1.54) is 32.7 Å². The largest absolute Gasteiger partial charge is 0.310 e. The third-order valence-corrected chi connectivity index (χ3v) is 11.6. The van der Waals surface area contributed by atoms with Gasteiger partial charge in [0.15, 0.2) is 0 Å². The molecule has 3 nitrogen and oxygen atoms in total. The van der Waals surface area contributed by atoms with E-state index in [1.807, 2.05) is 6.07 Å². The maximum Gasteiger partial charge on any atom is 0.145 e. The molecule has 10 aromatic carbocycles. The number of hydrogen-bond donors (Lipinski definition) is 0. The van der Waals surface area contributed by atoms with E-state index in [0.717, 1.165) is 67.4 Å². The maximum atomic E-state index is 5.22. The van der Waals surface area contributed by atoms with Gasteiger partial charge in [0.1, 0.15) is 5.82 Å². The zero-order valence-corrected chi connectivity index (χ0v) is 32.9. The second kappa shape index (κ2) is 15.1. The molecule has 0 bridgehead atoms. The number of benzene rings is 10. The van der Waals surface area contributed by atoms with Crippen LogP contribution in [0.25, 0.3) is 83.0 Å². The zero-order chi connectivity index (χ0) is 39.8. The van der Waals surface area contributed by atoms with Gasteiger partial charge in [0.05, 0.1) is 16.7 Å². The second-order valence-corrected chi connectivity index (χ2v) is 15.2. The van der Waals surface area contributed by atoms with Crippen LogP contribution in [0.15, 0.2) is 237 Å². The highest BCUT2D eigenvalue weighted by atomic mass is 15.1. The number of aromatic nitrogens is 2. The normalized spacial score (nSPS) is 11.3. The average molecular weight is 766 g/mol. The number of rotatable bonds is 8. The van der Waals surface area contributed by atoms with Gasteiger partial charge in [-0.2, -0.15) is 0 Å². The summed E-state index contributed by atoms with van der Waals surface area (Å²) in [7, 11) is 0. The lowest BCUT2D eigenvalue weighted by atomic mass is 9.97. The molecule has 282 valence electrons. The Bertz CT molecular complexity index is 3280. The summed E-state index contributed by atoms with van der Waals surface area (Å²) in [5, 5.41) is 4.92. The third-order valence-electron chi connectivity index (χ3n) is 11.6. The Hall–Kier alpha value is -8.01. The van der Waals surface area contributed by atoms with Crippen molar-refractivity contribution in [2.45, 2.75) is 0 Å². The van der Waals surface area contributed by atoms with Gasteiger partial charge >= 0.3 is 0 Å². The van der Waals surface area contributed by atoms with Crippen LogP contribution in [0, 0.1) is 0 Å². The highest BCUT2D eigenvalue weighted by Gasteiger charge is 2.19. The molecule has 0 N–H and O–H groups in total. The van der Waals surface area contributed by atoms with Gasteiger partial charge in [-0.05, 0) is 110 Å². The standard InChI is InChI=1S/C57H39N3/c1-4-15-40(16-5-1)41-27-32-49(33-28-41)59(56-39-47-19-10-11-24-51(47)52-25-12-13-26-53(52)56)50-34-29-42(30-35-50)44-20-14-21-45(37-44)46-31-36-55-54(38-46)58-57(43-17-6-2-7-18-43)60(55)48-22-8-3-9-23-48/h1-39H. The molecule has 3 heteroatoms. The van der Waals surface area contributed by atoms with Gasteiger partial charge in [0, 0.05) is 28.0 Å². The van der Waals surface area contributed by atoms with Crippen LogP contribution in [0.4, 0.5) is 17.1 Å². The Kier molecular flexibility index (Phi) is 8.83. The van der Waals surface area contributed by atoms with Crippen molar-refractivity contribution in [3.05, 3.63) is 237 Å². The summed E-state index contributed by atoms with van der Waals surface area (Å²) in [4.78, 5) is 7.62. The fourth-order valence-corrected chi connectivity index (χ4v) is 8.64. The van der Waals surface area contributed by atoms with E-state index in [-0.39, 0.29) is 0 Å². The van der Waals surface area contributed by atoms with Gasteiger partial charge in [-0.1, -0.05) is 176 Å². The smallest absolute Gasteiger partial charge is 0.145 e.